The van der Waals surface area contributed by atoms with Crippen molar-refractivity contribution < 1.29 is 13.9 Å². The second kappa shape index (κ2) is 7.26. The van der Waals surface area contributed by atoms with Gasteiger partial charge in [-0.25, -0.2) is 14.2 Å². The average molecular weight is 381 g/mol. The van der Waals surface area contributed by atoms with Gasteiger partial charge in [-0.1, -0.05) is 44.2 Å². The molecule has 2 aliphatic rings. The summed E-state index contributed by atoms with van der Waals surface area (Å²) in [5, 5.41) is 6.23. The van der Waals surface area contributed by atoms with Gasteiger partial charge in [-0.2, -0.15) is 5.10 Å². The third kappa shape index (κ3) is 3.23. The van der Waals surface area contributed by atoms with Gasteiger partial charge in [0.05, 0.1) is 24.3 Å². The van der Waals surface area contributed by atoms with Gasteiger partial charge in [0, 0.05) is 19.2 Å². The highest BCUT2D eigenvalue weighted by molar-refractivity contribution is 6.07. The molecule has 2 aromatic rings. The number of halogens is 1. The van der Waals surface area contributed by atoms with Crippen LogP contribution in [0.1, 0.15) is 31.0 Å². The molecule has 2 amide bonds. The standard InChI is InChI=1S/C22H24FN3O2/c1-14(2)12-25(3)22(27)26-21(15-7-5-4-6-8-15)18-13-28-19-10-9-16(23)11-17(19)20(18)24-26/h4-11,14,18,21H,12-13H2,1-3H3. The summed E-state index contributed by atoms with van der Waals surface area (Å²) in [5.74, 6) is 0.463. The molecule has 0 bridgehead atoms. The first-order valence-electron chi connectivity index (χ1n) is 9.56. The highest BCUT2D eigenvalue weighted by atomic mass is 19.1. The minimum absolute atomic E-state index is 0.145. The van der Waals surface area contributed by atoms with Crippen LogP contribution in [0.4, 0.5) is 9.18 Å². The fourth-order valence-corrected chi connectivity index (χ4v) is 3.99. The second-order valence-electron chi connectivity index (χ2n) is 7.80. The summed E-state index contributed by atoms with van der Waals surface area (Å²) >= 11 is 0. The summed E-state index contributed by atoms with van der Waals surface area (Å²) in [6, 6.07) is 13.8. The Labute approximate surface area is 164 Å². The number of ether oxygens (including phenoxy) is 1. The first-order valence-corrected chi connectivity index (χ1v) is 9.56. The molecule has 5 nitrogen and oxygen atoms in total. The minimum atomic E-state index is -0.344. The van der Waals surface area contributed by atoms with E-state index in [9.17, 15) is 9.18 Å². The quantitative estimate of drug-likeness (QED) is 0.796. The number of hydrazone groups is 1. The van der Waals surface area contributed by atoms with Crippen LogP contribution in [0.25, 0.3) is 0 Å². The largest absolute Gasteiger partial charge is 0.492 e. The molecule has 0 aromatic heterocycles. The van der Waals surface area contributed by atoms with Crippen molar-refractivity contribution in [3.05, 3.63) is 65.5 Å². The molecule has 28 heavy (non-hydrogen) atoms. The SMILES string of the molecule is CC(C)CN(C)C(=O)N1N=C2c3cc(F)ccc3OCC2C1c1ccccc1. The van der Waals surface area contributed by atoms with E-state index >= 15 is 0 Å². The fraction of sp³-hybridized carbons (Fsp3) is 0.364. The number of rotatable bonds is 3. The van der Waals surface area contributed by atoms with E-state index < -0.39 is 0 Å². The number of fused-ring (bicyclic) bond motifs is 3. The summed E-state index contributed by atoms with van der Waals surface area (Å²) in [7, 11) is 1.79. The molecular formula is C22H24FN3O2. The van der Waals surface area contributed by atoms with Crippen molar-refractivity contribution in [2.24, 2.45) is 16.9 Å². The van der Waals surface area contributed by atoms with Crippen molar-refractivity contribution in [2.45, 2.75) is 19.9 Å². The lowest BCUT2D eigenvalue weighted by molar-refractivity contribution is 0.130. The maximum atomic E-state index is 13.9. The van der Waals surface area contributed by atoms with E-state index in [2.05, 4.69) is 13.8 Å². The van der Waals surface area contributed by atoms with Crippen LogP contribution in [0.2, 0.25) is 0 Å². The number of carbonyl (C=O) groups is 1. The Hall–Kier alpha value is -2.89. The molecule has 2 aromatic carbocycles. The average Bonchev–Trinajstić information content (AvgIpc) is 3.07. The maximum Gasteiger partial charge on any atom is 0.340 e. The summed E-state index contributed by atoms with van der Waals surface area (Å²) in [6.07, 6.45) is 0. The van der Waals surface area contributed by atoms with Crippen molar-refractivity contribution in [1.29, 1.82) is 0 Å². The van der Waals surface area contributed by atoms with Crippen molar-refractivity contribution in [1.82, 2.24) is 9.91 Å². The lowest BCUT2D eigenvalue weighted by Gasteiger charge is -2.32. The van der Waals surface area contributed by atoms with Crippen LogP contribution < -0.4 is 4.74 Å². The van der Waals surface area contributed by atoms with Crippen molar-refractivity contribution >= 4 is 11.7 Å². The molecule has 2 atom stereocenters. The molecule has 2 aliphatic heterocycles. The summed E-state index contributed by atoms with van der Waals surface area (Å²) in [6.45, 7) is 5.17. The van der Waals surface area contributed by atoms with Crippen LogP contribution >= 0.6 is 0 Å². The first kappa shape index (κ1) is 18.5. The molecule has 146 valence electrons. The molecule has 4 rings (SSSR count). The number of urea groups is 1. The molecule has 0 spiro atoms. The minimum Gasteiger partial charge on any atom is -0.492 e. The van der Waals surface area contributed by atoms with Gasteiger partial charge >= 0.3 is 6.03 Å². The predicted molar refractivity (Wildman–Crippen MR) is 106 cm³/mol. The van der Waals surface area contributed by atoms with Crippen molar-refractivity contribution in [2.75, 3.05) is 20.2 Å². The number of carbonyl (C=O) groups excluding carboxylic acids is 1. The first-order chi connectivity index (χ1) is 13.5. The van der Waals surface area contributed by atoms with Crippen LogP contribution in [0.5, 0.6) is 5.75 Å². The summed E-state index contributed by atoms with van der Waals surface area (Å²) in [4.78, 5) is 14.9. The van der Waals surface area contributed by atoms with Gasteiger partial charge in [0.15, 0.2) is 0 Å². The molecule has 0 fully saturated rings. The lowest BCUT2D eigenvalue weighted by atomic mass is 9.86. The smallest absolute Gasteiger partial charge is 0.340 e. The zero-order valence-electron chi connectivity index (χ0n) is 16.3. The molecule has 0 aliphatic carbocycles. The molecule has 0 N–H and O–H groups in total. The summed E-state index contributed by atoms with van der Waals surface area (Å²) < 4.78 is 19.8. The van der Waals surface area contributed by atoms with Gasteiger partial charge in [-0.3, -0.25) is 0 Å². The Morgan fingerprint density at radius 1 is 1.29 bits per heavy atom. The Bertz CT molecular complexity index is 913. The zero-order chi connectivity index (χ0) is 19.8. The normalized spacial score (nSPS) is 20.3. The highest BCUT2D eigenvalue weighted by Crippen LogP contribution is 2.42. The maximum absolute atomic E-state index is 13.9. The van der Waals surface area contributed by atoms with E-state index in [1.807, 2.05) is 30.3 Å². The lowest BCUT2D eigenvalue weighted by Crippen LogP contribution is -2.42. The van der Waals surface area contributed by atoms with E-state index in [0.29, 0.717) is 36.1 Å². The van der Waals surface area contributed by atoms with Crippen LogP contribution in [0, 0.1) is 17.7 Å². The molecule has 0 saturated carbocycles. The highest BCUT2D eigenvalue weighted by Gasteiger charge is 2.45. The Morgan fingerprint density at radius 3 is 2.75 bits per heavy atom. The van der Waals surface area contributed by atoms with Gasteiger partial charge in [0.1, 0.15) is 11.6 Å². The van der Waals surface area contributed by atoms with Gasteiger partial charge < -0.3 is 9.64 Å². The number of hydrogen-bond donors (Lipinski definition) is 0. The number of amides is 2. The molecular weight excluding hydrogens is 357 g/mol. The Balaban J connectivity index is 1.77. The monoisotopic (exact) mass is 381 g/mol. The van der Waals surface area contributed by atoms with Crippen molar-refractivity contribution in [3.8, 4) is 5.75 Å². The zero-order valence-corrected chi connectivity index (χ0v) is 16.3. The van der Waals surface area contributed by atoms with Gasteiger partial charge in [0.25, 0.3) is 0 Å². The molecule has 0 saturated heterocycles. The van der Waals surface area contributed by atoms with Crippen LogP contribution in [-0.2, 0) is 0 Å². The molecule has 2 unspecified atom stereocenters. The van der Waals surface area contributed by atoms with Gasteiger partial charge in [-0.05, 0) is 29.7 Å². The molecule has 2 heterocycles. The van der Waals surface area contributed by atoms with E-state index in [1.54, 1.807) is 23.0 Å². The number of hydrogen-bond acceptors (Lipinski definition) is 3. The van der Waals surface area contributed by atoms with Crippen LogP contribution in [0.15, 0.2) is 53.6 Å². The van der Waals surface area contributed by atoms with Gasteiger partial charge in [-0.15, -0.1) is 0 Å². The third-order valence-electron chi connectivity index (χ3n) is 5.15. The van der Waals surface area contributed by atoms with Crippen LogP contribution in [0.3, 0.4) is 0 Å². The second-order valence-corrected chi connectivity index (χ2v) is 7.80. The van der Waals surface area contributed by atoms with E-state index in [1.165, 1.54) is 12.1 Å². The molecule has 6 heteroatoms. The predicted octanol–water partition coefficient (Wildman–Crippen LogP) is 4.30. The Kier molecular flexibility index (Phi) is 4.79. The van der Waals surface area contributed by atoms with Gasteiger partial charge in [0.2, 0.25) is 0 Å². The van der Waals surface area contributed by atoms with E-state index in [4.69, 9.17) is 9.84 Å². The fourth-order valence-electron chi connectivity index (χ4n) is 3.99. The Morgan fingerprint density at radius 2 is 2.04 bits per heavy atom. The van der Waals surface area contributed by atoms with E-state index in [-0.39, 0.29) is 23.8 Å². The number of benzene rings is 2. The van der Waals surface area contributed by atoms with Crippen molar-refractivity contribution in [3.63, 3.8) is 0 Å². The van der Waals surface area contributed by atoms with E-state index in [0.717, 1.165) is 5.56 Å². The van der Waals surface area contributed by atoms with Crippen LogP contribution in [-0.4, -0.2) is 41.9 Å². The third-order valence-corrected chi connectivity index (χ3v) is 5.15. The summed E-state index contributed by atoms with van der Waals surface area (Å²) in [5.41, 5.74) is 2.32. The topological polar surface area (TPSA) is 45.1 Å². The molecule has 0 radical (unpaired) electrons. The number of nitrogens with zero attached hydrogens (tertiary/aromatic N) is 3.